The van der Waals surface area contributed by atoms with Crippen LogP contribution >= 0.6 is 0 Å². The van der Waals surface area contributed by atoms with Crippen LogP contribution in [0.1, 0.15) is 5.56 Å². The largest absolute Gasteiger partial charge is 0.397 e. The molecule has 0 saturated carbocycles. The molecule has 0 unspecified atom stereocenters. The highest BCUT2D eigenvalue weighted by Gasteiger charge is 2.11. The zero-order chi connectivity index (χ0) is 12.4. The summed E-state index contributed by atoms with van der Waals surface area (Å²) >= 11 is 0. The second-order valence-electron chi connectivity index (χ2n) is 3.69. The van der Waals surface area contributed by atoms with E-state index in [4.69, 9.17) is 5.73 Å². The van der Waals surface area contributed by atoms with Crippen molar-refractivity contribution in [3.63, 3.8) is 0 Å². The third-order valence-corrected chi connectivity index (χ3v) is 2.31. The van der Waals surface area contributed by atoms with Crippen LogP contribution in [0.25, 0.3) is 0 Å². The van der Waals surface area contributed by atoms with Gasteiger partial charge >= 0.3 is 0 Å². The first-order valence-electron chi connectivity index (χ1n) is 5.00. The zero-order valence-electron chi connectivity index (χ0n) is 9.17. The lowest BCUT2D eigenvalue weighted by Gasteiger charge is -2.10. The van der Waals surface area contributed by atoms with Gasteiger partial charge < -0.3 is 11.1 Å². The van der Waals surface area contributed by atoms with Gasteiger partial charge in [-0.05, 0) is 24.6 Å². The van der Waals surface area contributed by atoms with E-state index in [1.807, 2.05) is 0 Å². The van der Waals surface area contributed by atoms with Gasteiger partial charge in [0.2, 0.25) is 0 Å². The van der Waals surface area contributed by atoms with E-state index in [0.717, 1.165) is 0 Å². The second-order valence-corrected chi connectivity index (χ2v) is 3.69. The third-order valence-electron chi connectivity index (χ3n) is 2.31. The summed E-state index contributed by atoms with van der Waals surface area (Å²) in [6, 6.07) is 4.14. The molecule has 1 heterocycles. The maximum absolute atomic E-state index is 13.7. The number of hydrogen-bond donors (Lipinski definition) is 2. The Bertz CT molecular complexity index is 555. The second kappa shape index (κ2) is 4.37. The van der Waals surface area contributed by atoms with Crippen molar-refractivity contribution in [1.82, 2.24) is 4.98 Å². The van der Waals surface area contributed by atoms with E-state index in [-0.39, 0.29) is 5.69 Å². The Morgan fingerprint density at radius 1 is 1.24 bits per heavy atom. The number of nitrogens with zero attached hydrogens (tertiary/aromatic N) is 1. The predicted molar refractivity (Wildman–Crippen MR) is 63.0 cm³/mol. The highest BCUT2D eigenvalue weighted by molar-refractivity contribution is 5.63. The molecular weight excluding hydrogens is 224 g/mol. The normalized spacial score (nSPS) is 10.3. The molecule has 88 valence electrons. The van der Waals surface area contributed by atoms with E-state index < -0.39 is 11.6 Å². The van der Waals surface area contributed by atoms with Crippen LogP contribution in [0.15, 0.2) is 30.6 Å². The molecule has 3 N–H and O–H groups in total. The van der Waals surface area contributed by atoms with Crippen LogP contribution in [0.2, 0.25) is 0 Å². The lowest BCUT2D eigenvalue weighted by molar-refractivity contribution is 0.585. The Hall–Kier alpha value is -2.17. The van der Waals surface area contributed by atoms with Gasteiger partial charge in [-0.2, -0.15) is 0 Å². The number of nitrogens with one attached hydrogen (secondary N) is 1. The highest BCUT2D eigenvalue weighted by atomic mass is 19.1. The standard InChI is InChI=1S/C12H11F2N3/c1-7-2-3-10(13)12(11(7)14)17-9-4-8(15)5-16-6-9/h2-6,17H,15H2,1H3. The molecule has 0 amide bonds. The molecule has 0 spiro atoms. The van der Waals surface area contributed by atoms with Crippen LogP contribution in [-0.2, 0) is 0 Å². The van der Waals surface area contributed by atoms with Gasteiger partial charge in [0, 0.05) is 6.20 Å². The Morgan fingerprint density at radius 3 is 2.71 bits per heavy atom. The van der Waals surface area contributed by atoms with E-state index in [0.29, 0.717) is 16.9 Å². The highest BCUT2D eigenvalue weighted by Crippen LogP contribution is 2.25. The first kappa shape index (κ1) is 11.3. The lowest BCUT2D eigenvalue weighted by Crippen LogP contribution is -2.00. The minimum atomic E-state index is -0.657. The number of aromatic nitrogens is 1. The first-order valence-corrected chi connectivity index (χ1v) is 5.00. The average molecular weight is 235 g/mol. The molecular formula is C12H11F2N3. The summed E-state index contributed by atoms with van der Waals surface area (Å²) in [4.78, 5) is 3.83. The van der Waals surface area contributed by atoms with Crippen molar-refractivity contribution in [2.24, 2.45) is 0 Å². The number of pyridine rings is 1. The lowest BCUT2D eigenvalue weighted by atomic mass is 10.2. The van der Waals surface area contributed by atoms with Crippen molar-refractivity contribution < 1.29 is 8.78 Å². The summed E-state index contributed by atoms with van der Waals surface area (Å²) in [7, 11) is 0. The van der Waals surface area contributed by atoms with Crippen LogP contribution in [0.5, 0.6) is 0 Å². The van der Waals surface area contributed by atoms with Gasteiger partial charge in [0.1, 0.15) is 11.5 Å². The Kier molecular flexibility index (Phi) is 2.91. The number of nitrogens with two attached hydrogens (primary N) is 1. The number of hydrogen-bond acceptors (Lipinski definition) is 3. The van der Waals surface area contributed by atoms with Crippen LogP contribution in [0.4, 0.5) is 25.8 Å². The summed E-state index contributed by atoms with van der Waals surface area (Å²) in [6.07, 6.45) is 2.89. The maximum Gasteiger partial charge on any atom is 0.152 e. The van der Waals surface area contributed by atoms with E-state index >= 15 is 0 Å². The van der Waals surface area contributed by atoms with Crippen molar-refractivity contribution in [1.29, 1.82) is 0 Å². The number of benzene rings is 1. The van der Waals surface area contributed by atoms with E-state index in [2.05, 4.69) is 10.3 Å². The molecule has 0 aliphatic carbocycles. The Balaban J connectivity index is 2.39. The monoisotopic (exact) mass is 235 g/mol. The molecule has 0 aliphatic rings. The van der Waals surface area contributed by atoms with Crippen LogP contribution in [0.3, 0.4) is 0 Å². The van der Waals surface area contributed by atoms with Crippen molar-refractivity contribution in [2.45, 2.75) is 6.92 Å². The molecule has 17 heavy (non-hydrogen) atoms. The minimum absolute atomic E-state index is 0.197. The summed E-state index contributed by atoms with van der Waals surface area (Å²) < 4.78 is 27.2. The van der Waals surface area contributed by atoms with Gasteiger partial charge in [-0.25, -0.2) is 8.78 Å². The number of anilines is 3. The SMILES string of the molecule is Cc1ccc(F)c(Nc2cncc(N)c2)c1F. The molecule has 0 bridgehead atoms. The summed E-state index contributed by atoms with van der Waals surface area (Å²) in [6.45, 7) is 1.57. The maximum atomic E-state index is 13.7. The fourth-order valence-electron chi connectivity index (χ4n) is 1.44. The molecule has 0 atom stereocenters. The molecule has 0 radical (unpaired) electrons. The minimum Gasteiger partial charge on any atom is -0.397 e. The Morgan fingerprint density at radius 2 is 2.00 bits per heavy atom. The number of aryl methyl sites for hydroxylation is 1. The topological polar surface area (TPSA) is 50.9 Å². The molecule has 2 aromatic rings. The van der Waals surface area contributed by atoms with Crippen LogP contribution in [-0.4, -0.2) is 4.98 Å². The van der Waals surface area contributed by atoms with Crippen LogP contribution < -0.4 is 11.1 Å². The molecule has 1 aromatic heterocycles. The van der Waals surface area contributed by atoms with E-state index in [9.17, 15) is 8.78 Å². The van der Waals surface area contributed by atoms with Gasteiger partial charge in [0.05, 0.1) is 17.6 Å². The Labute approximate surface area is 97.3 Å². The van der Waals surface area contributed by atoms with Gasteiger partial charge in [-0.3, -0.25) is 4.98 Å². The van der Waals surface area contributed by atoms with Crippen LogP contribution in [0, 0.1) is 18.6 Å². The average Bonchev–Trinajstić information content (AvgIpc) is 2.30. The summed E-state index contributed by atoms with van der Waals surface area (Å²) in [5.74, 6) is -1.28. The molecule has 0 saturated heterocycles. The van der Waals surface area contributed by atoms with Gasteiger partial charge in [0.15, 0.2) is 5.82 Å². The van der Waals surface area contributed by atoms with E-state index in [1.54, 1.807) is 13.0 Å². The number of rotatable bonds is 2. The number of nitrogen functional groups attached to an aromatic ring is 1. The molecule has 2 rings (SSSR count). The molecule has 1 aromatic carbocycles. The van der Waals surface area contributed by atoms with Gasteiger partial charge in [0.25, 0.3) is 0 Å². The third kappa shape index (κ3) is 2.33. The summed E-state index contributed by atoms with van der Waals surface area (Å²) in [5, 5.41) is 2.63. The fourth-order valence-corrected chi connectivity index (χ4v) is 1.44. The van der Waals surface area contributed by atoms with Crippen molar-refractivity contribution in [3.8, 4) is 0 Å². The van der Waals surface area contributed by atoms with Crippen molar-refractivity contribution >= 4 is 17.1 Å². The number of halogens is 2. The summed E-state index contributed by atoms with van der Waals surface area (Å²) in [5.41, 5.74) is 6.56. The van der Waals surface area contributed by atoms with Gasteiger partial charge in [-0.15, -0.1) is 0 Å². The molecule has 0 aliphatic heterocycles. The fraction of sp³-hybridized carbons (Fsp3) is 0.0833. The molecule has 3 nitrogen and oxygen atoms in total. The quantitative estimate of drug-likeness (QED) is 0.841. The predicted octanol–water partition coefficient (Wildman–Crippen LogP) is 2.99. The van der Waals surface area contributed by atoms with E-state index in [1.165, 1.54) is 24.5 Å². The first-order chi connectivity index (χ1) is 8.08. The van der Waals surface area contributed by atoms with Gasteiger partial charge in [-0.1, -0.05) is 6.07 Å². The zero-order valence-corrected chi connectivity index (χ0v) is 9.17. The van der Waals surface area contributed by atoms with Crippen molar-refractivity contribution in [2.75, 3.05) is 11.1 Å². The molecule has 0 fully saturated rings. The molecule has 5 heteroatoms. The van der Waals surface area contributed by atoms with Crippen molar-refractivity contribution in [3.05, 3.63) is 47.8 Å². The smallest absolute Gasteiger partial charge is 0.152 e.